The van der Waals surface area contributed by atoms with E-state index in [0.717, 1.165) is 40.0 Å². The summed E-state index contributed by atoms with van der Waals surface area (Å²) >= 11 is 2.05. The predicted molar refractivity (Wildman–Crippen MR) is 89.8 cm³/mol. The Balaban J connectivity index is 1.97. The Morgan fingerprint density at radius 3 is 2.76 bits per heavy atom. The molecule has 1 atom stereocenters. The molecule has 1 saturated carbocycles. The van der Waals surface area contributed by atoms with E-state index in [1.165, 1.54) is 25.7 Å². The van der Waals surface area contributed by atoms with Crippen molar-refractivity contribution in [2.45, 2.75) is 57.2 Å². The van der Waals surface area contributed by atoms with E-state index in [-0.39, 0.29) is 6.04 Å². The molecule has 118 valence electrons. The minimum absolute atomic E-state index is 0.259. The summed E-state index contributed by atoms with van der Waals surface area (Å²) in [5, 5.41) is 0.822. The van der Waals surface area contributed by atoms with Crippen LogP contribution in [0, 0.1) is 13.8 Å². The lowest BCUT2D eigenvalue weighted by Crippen LogP contribution is -2.39. The second-order valence-corrected chi connectivity index (χ2v) is 7.19. The van der Waals surface area contributed by atoms with Gasteiger partial charge in [0.05, 0.1) is 7.11 Å². The summed E-state index contributed by atoms with van der Waals surface area (Å²) in [7, 11) is 1.72. The van der Waals surface area contributed by atoms with Crippen LogP contribution in [0.25, 0.3) is 0 Å². The van der Waals surface area contributed by atoms with E-state index < -0.39 is 0 Å². The lowest BCUT2D eigenvalue weighted by Gasteiger charge is -2.19. The molecule has 0 bridgehead atoms. The molecule has 1 aromatic heterocycles. The summed E-state index contributed by atoms with van der Waals surface area (Å²) in [6, 6.07) is 0.259. The summed E-state index contributed by atoms with van der Waals surface area (Å²) in [5.41, 5.74) is 6.24. The van der Waals surface area contributed by atoms with Crippen LogP contribution in [0.3, 0.4) is 0 Å². The maximum absolute atomic E-state index is 5.73. The minimum Gasteiger partial charge on any atom is -0.496 e. The van der Waals surface area contributed by atoms with E-state index in [0.29, 0.717) is 0 Å². The predicted octanol–water partition coefficient (Wildman–Crippen LogP) is 2.76. The molecule has 1 aliphatic carbocycles. The van der Waals surface area contributed by atoms with E-state index >= 15 is 0 Å². The van der Waals surface area contributed by atoms with E-state index in [2.05, 4.69) is 29.1 Å². The molecular weight excluding hydrogens is 282 g/mol. The molecular formula is C16H27N3OS. The van der Waals surface area contributed by atoms with Gasteiger partial charge in [-0.1, -0.05) is 12.8 Å². The van der Waals surface area contributed by atoms with Crippen molar-refractivity contribution in [1.82, 2.24) is 10.4 Å². The van der Waals surface area contributed by atoms with Gasteiger partial charge < -0.3 is 4.74 Å². The summed E-state index contributed by atoms with van der Waals surface area (Å²) in [4.78, 5) is 4.57. The summed E-state index contributed by atoms with van der Waals surface area (Å²) in [6.07, 6.45) is 8.22. The van der Waals surface area contributed by atoms with Crippen LogP contribution in [0.1, 0.15) is 42.5 Å². The van der Waals surface area contributed by atoms with Gasteiger partial charge in [0.25, 0.3) is 0 Å². The number of ether oxygens (including phenoxy) is 1. The van der Waals surface area contributed by atoms with Crippen LogP contribution in [-0.4, -0.2) is 29.1 Å². The molecule has 0 amide bonds. The monoisotopic (exact) mass is 309 g/mol. The van der Waals surface area contributed by atoms with Gasteiger partial charge in [0, 0.05) is 46.5 Å². The smallest absolute Gasteiger partial charge is 0.128 e. The van der Waals surface area contributed by atoms with Gasteiger partial charge >= 0.3 is 0 Å². The SMILES string of the molecule is COc1c(C)cnc(CC(CSC2CCCC2)NN)c1C. The number of hydrazine groups is 1. The van der Waals surface area contributed by atoms with Gasteiger partial charge in [-0.2, -0.15) is 11.8 Å². The number of nitrogens with zero attached hydrogens (tertiary/aromatic N) is 1. The number of aromatic nitrogens is 1. The Hall–Kier alpha value is -0.780. The minimum atomic E-state index is 0.259. The maximum Gasteiger partial charge on any atom is 0.128 e. The molecule has 4 nitrogen and oxygen atoms in total. The van der Waals surface area contributed by atoms with E-state index in [1.807, 2.05) is 13.1 Å². The highest BCUT2D eigenvalue weighted by Crippen LogP contribution is 2.30. The first-order valence-electron chi connectivity index (χ1n) is 7.72. The van der Waals surface area contributed by atoms with Crippen LogP contribution in [0.15, 0.2) is 6.20 Å². The average Bonchev–Trinajstić information content (AvgIpc) is 2.99. The molecule has 0 radical (unpaired) electrons. The second-order valence-electron chi connectivity index (χ2n) is 5.85. The van der Waals surface area contributed by atoms with Gasteiger partial charge in [-0.25, -0.2) is 0 Å². The topological polar surface area (TPSA) is 60.2 Å². The fourth-order valence-corrected chi connectivity index (χ4v) is 4.37. The molecule has 1 heterocycles. The summed E-state index contributed by atoms with van der Waals surface area (Å²) in [5.74, 6) is 7.72. The Labute approximate surface area is 132 Å². The van der Waals surface area contributed by atoms with Gasteiger partial charge in [-0.15, -0.1) is 0 Å². The fourth-order valence-electron chi connectivity index (χ4n) is 2.98. The lowest BCUT2D eigenvalue weighted by atomic mass is 10.1. The number of nitrogens with one attached hydrogen (secondary N) is 1. The third kappa shape index (κ3) is 4.34. The third-order valence-corrected chi connectivity index (χ3v) is 5.80. The van der Waals surface area contributed by atoms with Crippen molar-refractivity contribution in [3.63, 3.8) is 0 Å². The average molecular weight is 309 g/mol. The first-order chi connectivity index (χ1) is 10.2. The van der Waals surface area contributed by atoms with Gasteiger partial charge in [-0.3, -0.25) is 16.3 Å². The number of hydrogen-bond acceptors (Lipinski definition) is 5. The first kappa shape index (κ1) is 16.6. The quantitative estimate of drug-likeness (QED) is 0.599. The fraction of sp³-hybridized carbons (Fsp3) is 0.688. The van der Waals surface area contributed by atoms with E-state index in [4.69, 9.17) is 10.6 Å². The largest absolute Gasteiger partial charge is 0.496 e. The van der Waals surface area contributed by atoms with Crippen molar-refractivity contribution in [1.29, 1.82) is 0 Å². The van der Waals surface area contributed by atoms with Gasteiger partial charge in [-0.05, 0) is 26.7 Å². The van der Waals surface area contributed by atoms with Crippen molar-refractivity contribution in [3.8, 4) is 5.75 Å². The standard InChI is InChI=1S/C16H27N3OS/c1-11-9-18-15(12(2)16(11)20-3)8-13(19-17)10-21-14-6-4-5-7-14/h9,13-14,19H,4-8,10,17H2,1-3H3. The molecule has 1 unspecified atom stereocenters. The van der Waals surface area contributed by atoms with Gasteiger partial charge in [0.2, 0.25) is 0 Å². The zero-order chi connectivity index (χ0) is 15.2. The molecule has 0 spiro atoms. The first-order valence-corrected chi connectivity index (χ1v) is 8.77. The van der Waals surface area contributed by atoms with Crippen molar-refractivity contribution in [3.05, 3.63) is 23.0 Å². The zero-order valence-electron chi connectivity index (χ0n) is 13.3. The van der Waals surface area contributed by atoms with E-state index in [9.17, 15) is 0 Å². The molecule has 2 rings (SSSR count). The van der Waals surface area contributed by atoms with Crippen molar-refractivity contribution >= 4 is 11.8 Å². The molecule has 1 aromatic rings. The number of nitrogens with two attached hydrogens (primary N) is 1. The normalized spacial score (nSPS) is 17.1. The lowest BCUT2D eigenvalue weighted by molar-refractivity contribution is 0.406. The number of thioether (sulfide) groups is 1. The third-order valence-electron chi connectivity index (χ3n) is 4.26. The van der Waals surface area contributed by atoms with Gasteiger partial charge in [0.15, 0.2) is 0 Å². The summed E-state index contributed by atoms with van der Waals surface area (Å²) in [6.45, 7) is 4.10. The van der Waals surface area contributed by atoms with Crippen molar-refractivity contribution < 1.29 is 4.74 Å². The number of methoxy groups -OCH3 is 1. The van der Waals surface area contributed by atoms with Crippen LogP contribution >= 0.6 is 11.8 Å². The number of rotatable bonds is 7. The van der Waals surface area contributed by atoms with Gasteiger partial charge in [0.1, 0.15) is 5.75 Å². The molecule has 21 heavy (non-hydrogen) atoms. The molecule has 3 N–H and O–H groups in total. The Morgan fingerprint density at radius 2 is 2.14 bits per heavy atom. The molecule has 0 aromatic carbocycles. The molecule has 1 aliphatic rings. The second kappa shape index (κ2) is 8.01. The van der Waals surface area contributed by atoms with Crippen LogP contribution < -0.4 is 16.0 Å². The molecule has 5 heteroatoms. The highest BCUT2D eigenvalue weighted by molar-refractivity contribution is 7.99. The Kier molecular flexibility index (Phi) is 6.33. The Morgan fingerprint density at radius 1 is 1.43 bits per heavy atom. The molecule has 1 fully saturated rings. The van der Waals surface area contributed by atoms with Crippen LogP contribution in [0.2, 0.25) is 0 Å². The van der Waals surface area contributed by atoms with Crippen LogP contribution in [-0.2, 0) is 6.42 Å². The molecule has 0 saturated heterocycles. The summed E-state index contributed by atoms with van der Waals surface area (Å²) < 4.78 is 5.48. The Bertz CT molecular complexity index is 461. The van der Waals surface area contributed by atoms with Crippen LogP contribution in [0.4, 0.5) is 0 Å². The zero-order valence-corrected chi connectivity index (χ0v) is 14.1. The molecule has 0 aliphatic heterocycles. The maximum atomic E-state index is 5.73. The number of pyridine rings is 1. The van der Waals surface area contributed by atoms with E-state index in [1.54, 1.807) is 7.11 Å². The number of aryl methyl sites for hydroxylation is 1. The van der Waals surface area contributed by atoms with Crippen molar-refractivity contribution in [2.75, 3.05) is 12.9 Å². The highest BCUT2D eigenvalue weighted by atomic mass is 32.2. The van der Waals surface area contributed by atoms with Crippen LogP contribution in [0.5, 0.6) is 5.75 Å². The number of hydrogen-bond donors (Lipinski definition) is 2. The highest BCUT2D eigenvalue weighted by Gasteiger charge is 2.19. The van der Waals surface area contributed by atoms with Crippen molar-refractivity contribution in [2.24, 2.45) is 5.84 Å².